The zero-order valence-electron chi connectivity index (χ0n) is 10.0. The molecule has 0 atom stereocenters. The van der Waals surface area contributed by atoms with Crippen LogP contribution in [0.2, 0.25) is 0 Å². The first-order valence-electron chi connectivity index (χ1n) is 6.19. The maximum atomic E-state index is 13.1. The van der Waals surface area contributed by atoms with Gasteiger partial charge in [0.15, 0.2) is 0 Å². The van der Waals surface area contributed by atoms with E-state index >= 15 is 0 Å². The van der Waals surface area contributed by atoms with Gasteiger partial charge in [-0.1, -0.05) is 0 Å². The average Bonchev–Trinajstić information content (AvgIpc) is 2.72. The third-order valence-corrected chi connectivity index (χ3v) is 3.76. The zero-order chi connectivity index (χ0) is 11.8. The van der Waals surface area contributed by atoms with Crippen LogP contribution in [0, 0.1) is 5.82 Å². The molecule has 0 radical (unpaired) electrons. The van der Waals surface area contributed by atoms with Crippen molar-refractivity contribution in [2.75, 3.05) is 20.1 Å². The van der Waals surface area contributed by atoms with Crippen LogP contribution in [0.5, 0.6) is 0 Å². The average molecular weight is 232 g/mol. The molecule has 1 aliphatic rings. The lowest BCUT2D eigenvalue weighted by atomic mass is 9.94. The van der Waals surface area contributed by atoms with E-state index in [1.807, 2.05) is 6.07 Å². The second kappa shape index (κ2) is 4.15. The molecule has 1 aliphatic heterocycles. The topological polar surface area (TPSA) is 19.0 Å². The lowest BCUT2D eigenvalue weighted by molar-refractivity contribution is 0.254. The summed E-state index contributed by atoms with van der Waals surface area (Å²) in [5.74, 6) is 0.438. The number of benzene rings is 1. The molecule has 90 valence electrons. The Morgan fingerprint density at radius 3 is 2.76 bits per heavy atom. The summed E-state index contributed by atoms with van der Waals surface area (Å²) < 4.78 is 13.1. The second-order valence-corrected chi connectivity index (χ2v) is 5.03. The maximum Gasteiger partial charge on any atom is 0.123 e. The number of halogens is 1. The summed E-state index contributed by atoms with van der Waals surface area (Å²) in [4.78, 5) is 5.78. The third-order valence-electron chi connectivity index (χ3n) is 3.76. The van der Waals surface area contributed by atoms with Crippen molar-refractivity contribution in [3.05, 3.63) is 35.8 Å². The number of aromatic amines is 1. The second-order valence-electron chi connectivity index (χ2n) is 5.03. The van der Waals surface area contributed by atoms with Crippen LogP contribution in [-0.2, 0) is 0 Å². The first-order chi connectivity index (χ1) is 8.22. The van der Waals surface area contributed by atoms with Gasteiger partial charge in [0.1, 0.15) is 5.82 Å². The number of hydrogen-bond donors (Lipinski definition) is 1. The van der Waals surface area contributed by atoms with Crippen LogP contribution in [0.3, 0.4) is 0 Å². The molecule has 3 heteroatoms. The van der Waals surface area contributed by atoms with E-state index in [4.69, 9.17) is 0 Å². The summed E-state index contributed by atoms with van der Waals surface area (Å²) in [7, 11) is 2.16. The molecule has 0 bridgehead atoms. The molecule has 1 saturated heterocycles. The van der Waals surface area contributed by atoms with Crippen molar-refractivity contribution in [2.24, 2.45) is 0 Å². The highest BCUT2D eigenvalue weighted by molar-refractivity contribution is 5.80. The first-order valence-corrected chi connectivity index (χ1v) is 6.19. The smallest absolute Gasteiger partial charge is 0.123 e. The molecule has 2 heterocycles. The lowest BCUT2D eigenvalue weighted by Crippen LogP contribution is -2.29. The Morgan fingerprint density at radius 1 is 1.24 bits per heavy atom. The maximum absolute atomic E-state index is 13.1. The molecular weight excluding hydrogens is 215 g/mol. The minimum Gasteiger partial charge on any atom is -0.358 e. The number of likely N-dealkylation sites (tertiary alicyclic amines) is 1. The van der Waals surface area contributed by atoms with Crippen molar-refractivity contribution in [1.82, 2.24) is 9.88 Å². The predicted octanol–water partition coefficient (Wildman–Crippen LogP) is 3.12. The Bertz CT molecular complexity index is 524. The van der Waals surface area contributed by atoms with Gasteiger partial charge in [-0.25, -0.2) is 4.39 Å². The van der Waals surface area contributed by atoms with E-state index in [0.29, 0.717) is 5.92 Å². The molecule has 1 fully saturated rings. The van der Waals surface area contributed by atoms with Crippen LogP contribution < -0.4 is 0 Å². The van der Waals surface area contributed by atoms with Gasteiger partial charge in [0, 0.05) is 22.5 Å². The summed E-state index contributed by atoms with van der Waals surface area (Å²) in [6.07, 6.45) is 2.37. The van der Waals surface area contributed by atoms with Gasteiger partial charge < -0.3 is 9.88 Å². The quantitative estimate of drug-likeness (QED) is 0.800. The van der Waals surface area contributed by atoms with Crippen LogP contribution in [0.25, 0.3) is 10.9 Å². The summed E-state index contributed by atoms with van der Waals surface area (Å²) in [6.45, 7) is 2.29. The molecule has 3 rings (SSSR count). The molecular formula is C14H17FN2. The first kappa shape index (κ1) is 10.8. The van der Waals surface area contributed by atoms with Gasteiger partial charge in [-0.2, -0.15) is 0 Å². The largest absolute Gasteiger partial charge is 0.358 e. The van der Waals surface area contributed by atoms with Crippen molar-refractivity contribution in [3.8, 4) is 0 Å². The van der Waals surface area contributed by atoms with Gasteiger partial charge in [-0.15, -0.1) is 0 Å². The molecule has 0 saturated carbocycles. The normalized spacial score (nSPS) is 18.9. The number of nitrogens with zero attached hydrogens (tertiary/aromatic N) is 1. The minimum atomic E-state index is -0.161. The molecule has 1 N–H and O–H groups in total. The Kier molecular flexibility index (Phi) is 2.63. The van der Waals surface area contributed by atoms with Crippen LogP contribution in [0.15, 0.2) is 24.3 Å². The minimum absolute atomic E-state index is 0.161. The Labute approximate surface area is 100 Å². The molecule has 17 heavy (non-hydrogen) atoms. The van der Waals surface area contributed by atoms with Gasteiger partial charge in [-0.3, -0.25) is 0 Å². The van der Waals surface area contributed by atoms with E-state index < -0.39 is 0 Å². The highest BCUT2D eigenvalue weighted by Gasteiger charge is 2.19. The molecule has 0 aliphatic carbocycles. The van der Waals surface area contributed by atoms with E-state index in [1.165, 1.54) is 24.6 Å². The number of aromatic nitrogens is 1. The molecule has 0 amide bonds. The molecule has 1 aromatic heterocycles. The standard InChI is InChI=1S/C14H17FN2/c1-17-6-4-10(5-7-17)14-9-11-8-12(15)2-3-13(11)16-14/h2-3,8-10,16H,4-7H2,1H3. The SMILES string of the molecule is CN1CCC(c2cc3cc(F)ccc3[nH]2)CC1. The number of piperidine rings is 1. The molecule has 1 aromatic carbocycles. The van der Waals surface area contributed by atoms with Gasteiger partial charge in [-0.05, 0) is 57.2 Å². The molecule has 2 nitrogen and oxygen atoms in total. The van der Waals surface area contributed by atoms with Gasteiger partial charge in [0.25, 0.3) is 0 Å². The lowest BCUT2D eigenvalue weighted by Gasteiger charge is -2.28. The van der Waals surface area contributed by atoms with E-state index in [1.54, 1.807) is 6.07 Å². The predicted molar refractivity (Wildman–Crippen MR) is 67.7 cm³/mol. The summed E-state index contributed by atoms with van der Waals surface area (Å²) >= 11 is 0. The summed E-state index contributed by atoms with van der Waals surface area (Å²) in [6, 6.07) is 7.04. The fourth-order valence-electron chi connectivity index (χ4n) is 2.67. The van der Waals surface area contributed by atoms with E-state index in [0.717, 1.165) is 24.0 Å². The number of hydrogen-bond acceptors (Lipinski definition) is 1. The summed E-state index contributed by atoms with van der Waals surface area (Å²) in [5.41, 5.74) is 2.30. The number of fused-ring (bicyclic) bond motifs is 1. The summed E-state index contributed by atoms with van der Waals surface area (Å²) in [5, 5.41) is 0.985. The Hall–Kier alpha value is -1.35. The van der Waals surface area contributed by atoms with Crippen molar-refractivity contribution >= 4 is 10.9 Å². The fraction of sp³-hybridized carbons (Fsp3) is 0.429. The highest BCUT2D eigenvalue weighted by atomic mass is 19.1. The molecule has 0 spiro atoms. The van der Waals surface area contributed by atoms with Crippen LogP contribution in [0.1, 0.15) is 24.5 Å². The van der Waals surface area contributed by atoms with Crippen molar-refractivity contribution < 1.29 is 4.39 Å². The number of H-pyrrole nitrogens is 1. The number of nitrogens with one attached hydrogen (secondary N) is 1. The van der Waals surface area contributed by atoms with Crippen LogP contribution >= 0.6 is 0 Å². The van der Waals surface area contributed by atoms with E-state index in [9.17, 15) is 4.39 Å². The van der Waals surface area contributed by atoms with Crippen LogP contribution in [0.4, 0.5) is 4.39 Å². The van der Waals surface area contributed by atoms with E-state index in [-0.39, 0.29) is 5.82 Å². The van der Waals surface area contributed by atoms with Crippen molar-refractivity contribution in [3.63, 3.8) is 0 Å². The van der Waals surface area contributed by atoms with E-state index in [2.05, 4.69) is 23.0 Å². The van der Waals surface area contributed by atoms with Gasteiger partial charge >= 0.3 is 0 Å². The van der Waals surface area contributed by atoms with Crippen molar-refractivity contribution in [1.29, 1.82) is 0 Å². The monoisotopic (exact) mass is 232 g/mol. The third kappa shape index (κ3) is 2.07. The Morgan fingerprint density at radius 2 is 2.00 bits per heavy atom. The van der Waals surface area contributed by atoms with Crippen LogP contribution in [-0.4, -0.2) is 30.0 Å². The van der Waals surface area contributed by atoms with Gasteiger partial charge in [0.05, 0.1) is 0 Å². The fourth-order valence-corrected chi connectivity index (χ4v) is 2.67. The highest BCUT2D eigenvalue weighted by Crippen LogP contribution is 2.29. The zero-order valence-corrected chi connectivity index (χ0v) is 10.0. The van der Waals surface area contributed by atoms with Crippen molar-refractivity contribution in [2.45, 2.75) is 18.8 Å². The molecule has 2 aromatic rings. The molecule has 0 unspecified atom stereocenters. The van der Waals surface area contributed by atoms with Gasteiger partial charge in [0.2, 0.25) is 0 Å². The Balaban J connectivity index is 1.90. The number of rotatable bonds is 1.